The number of ether oxygens (including phenoxy) is 1. The van der Waals surface area contributed by atoms with E-state index in [0.29, 0.717) is 18.3 Å². The maximum atomic E-state index is 12.6. The summed E-state index contributed by atoms with van der Waals surface area (Å²) in [5.41, 5.74) is 2.87. The lowest BCUT2D eigenvalue weighted by Gasteiger charge is -2.33. The van der Waals surface area contributed by atoms with Crippen LogP contribution in [0.5, 0.6) is 0 Å². The van der Waals surface area contributed by atoms with Crippen LogP contribution in [0.15, 0.2) is 47.1 Å². The lowest BCUT2D eigenvalue weighted by molar-refractivity contribution is -0.126. The molecule has 3 aromatic rings. The van der Waals surface area contributed by atoms with Crippen molar-refractivity contribution in [3.63, 3.8) is 0 Å². The van der Waals surface area contributed by atoms with Crippen LogP contribution in [0.2, 0.25) is 0 Å². The molecule has 4 heterocycles. The Morgan fingerprint density at radius 3 is 2.85 bits per heavy atom. The van der Waals surface area contributed by atoms with Gasteiger partial charge in [-0.15, -0.1) is 0 Å². The number of aryl methyl sites for hydroxylation is 1. The van der Waals surface area contributed by atoms with Crippen LogP contribution < -0.4 is 10.2 Å². The highest BCUT2D eigenvalue weighted by Crippen LogP contribution is 2.32. The maximum Gasteiger partial charge on any atom is 0.261 e. The van der Waals surface area contributed by atoms with Gasteiger partial charge in [-0.25, -0.2) is 4.98 Å². The monoisotopic (exact) mass is 447 g/mol. The summed E-state index contributed by atoms with van der Waals surface area (Å²) >= 11 is 0. The zero-order valence-corrected chi connectivity index (χ0v) is 18.9. The van der Waals surface area contributed by atoms with E-state index in [-0.39, 0.29) is 17.9 Å². The summed E-state index contributed by atoms with van der Waals surface area (Å²) in [7, 11) is 0. The average molecular weight is 448 g/mol. The molecule has 1 atom stereocenters. The number of hydrogen-bond donors (Lipinski definition) is 1. The zero-order chi connectivity index (χ0) is 22.6. The van der Waals surface area contributed by atoms with Gasteiger partial charge in [0.05, 0.1) is 11.7 Å². The first-order chi connectivity index (χ1) is 16.2. The summed E-state index contributed by atoms with van der Waals surface area (Å²) in [6.45, 7) is 4.96. The molecule has 8 heteroatoms. The Kier molecular flexibility index (Phi) is 6.35. The molecule has 2 aliphatic rings. The number of nitrogens with zero attached hydrogens (tertiary/aromatic N) is 4. The second-order valence-corrected chi connectivity index (χ2v) is 8.81. The zero-order valence-electron chi connectivity index (χ0n) is 18.9. The van der Waals surface area contributed by atoms with Crippen molar-refractivity contribution in [2.24, 2.45) is 5.92 Å². The number of aromatic nitrogens is 3. The Bertz CT molecular complexity index is 1100. The highest BCUT2D eigenvalue weighted by Gasteiger charge is 2.28. The number of rotatable bonds is 6. The molecule has 1 amide bonds. The molecule has 0 radical (unpaired) electrons. The number of benzene rings is 1. The highest BCUT2D eigenvalue weighted by atomic mass is 16.5. The Labute approximate surface area is 193 Å². The molecule has 2 aliphatic heterocycles. The van der Waals surface area contributed by atoms with Crippen LogP contribution in [0, 0.1) is 12.8 Å². The molecule has 172 valence electrons. The van der Waals surface area contributed by atoms with Crippen molar-refractivity contribution in [3.8, 4) is 22.8 Å². The van der Waals surface area contributed by atoms with Gasteiger partial charge >= 0.3 is 0 Å². The second-order valence-electron chi connectivity index (χ2n) is 8.81. The molecule has 2 aromatic heterocycles. The molecule has 0 spiro atoms. The van der Waals surface area contributed by atoms with Gasteiger partial charge in [0.1, 0.15) is 5.82 Å². The number of carbonyl (C=O) groups is 1. The van der Waals surface area contributed by atoms with E-state index in [1.807, 2.05) is 43.3 Å². The van der Waals surface area contributed by atoms with E-state index in [4.69, 9.17) is 9.26 Å². The summed E-state index contributed by atoms with van der Waals surface area (Å²) in [4.78, 5) is 24.1. The number of piperidine rings is 1. The molecule has 1 N–H and O–H groups in total. The van der Waals surface area contributed by atoms with Gasteiger partial charge < -0.3 is 19.5 Å². The lowest BCUT2D eigenvalue weighted by atomic mass is 9.95. The van der Waals surface area contributed by atoms with Gasteiger partial charge in [0.2, 0.25) is 11.7 Å². The molecular weight excluding hydrogens is 418 g/mol. The van der Waals surface area contributed by atoms with E-state index >= 15 is 0 Å². The Hall–Kier alpha value is -3.26. The van der Waals surface area contributed by atoms with Crippen molar-refractivity contribution in [2.45, 2.75) is 38.7 Å². The smallest absolute Gasteiger partial charge is 0.261 e. The van der Waals surface area contributed by atoms with Crippen LogP contribution in [0.1, 0.15) is 31.2 Å². The van der Waals surface area contributed by atoms with Crippen LogP contribution in [0.4, 0.5) is 5.82 Å². The minimum atomic E-state index is 0.0196. The van der Waals surface area contributed by atoms with E-state index in [9.17, 15) is 4.79 Å². The largest absolute Gasteiger partial charge is 0.376 e. The molecule has 0 aliphatic carbocycles. The van der Waals surface area contributed by atoms with E-state index in [1.54, 1.807) is 6.20 Å². The third-order valence-electron chi connectivity index (χ3n) is 6.41. The van der Waals surface area contributed by atoms with Crippen molar-refractivity contribution in [2.75, 3.05) is 31.1 Å². The standard InChI is InChI=1S/C25H29N5O3/c1-17-5-2-6-19(15-17)22-28-25(33-29-22)21-8-3-11-26-23(21)30-12-9-18(10-13-30)24(31)27-16-20-7-4-14-32-20/h2-3,5-6,8,11,15,18,20H,4,7,9-10,12-14,16H2,1H3,(H,27,31)/t20-/m0/s1. The lowest BCUT2D eigenvalue weighted by Crippen LogP contribution is -2.42. The minimum Gasteiger partial charge on any atom is -0.376 e. The fourth-order valence-corrected chi connectivity index (χ4v) is 4.57. The van der Waals surface area contributed by atoms with Gasteiger partial charge in [-0.3, -0.25) is 4.79 Å². The normalized spacial score (nSPS) is 19.1. The minimum absolute atomic E-state index is 0.0196. The Morgan fingerprint density at radius 1 is 1.18 bits per heavy atom. The van der Waals surface area contributed by atoms with E-state index in [0.717, 1.165) is 67.9 Å². The van der Waals surface area contributed by atoms with Gasteiger partial charge in [0.15, 0.2) is 0 Å². The summed E-state index contributed by atoms with van der Waals surface area (Å²) in [6, 6.07) is 11.9. The van der Waals surface area contributed by atoms with Gasteiger partial charge in [0.25, 0.3) is 5.89 Å². The number of carbonyl (C=O) groups excluding carboxylic acids is 1. The van der Waals surface area contributed by atoms with Crippen LogP contribution in [0.3, 0.4) is 0 Å². The van der Waals surface area contributed by atoms with Crippen LogP contribution in [-0.4, -0.2) is 53.4 Å². The number of anilines is 1. The first kappa shape index (κ1) is 21.6. The number of amides is 1. The highest BCUT2D eigenvalue weighted by molar-refractivity contribution is 5.79. The van der Waals surface area contributed by atoms with Crippen molar-refractivity contribution in [1.29, 1.82) is 0 Å². The SMILES string of the molecule is Cc1cccc(-c2noc(-c3cccnc3N3CCC(C(=O)NC[C@@H]4CCCO4)CC3)n2)c1. The van der Waals surface area contributed by atoms with Crippen molar-refractivity contribution < 1.29 is 14.1 Å². The van der Waals surface area contributed by atoms with E-state index in [2.05, 4.69) is 25.3 Å². The molecule has 33 heavy (non-hydrogen) atoms. The summed E-state index contributed by atoms with van der Waals surface area (Å²) in [6.07, 6.45) is 5.62. The van der Waals surface area contributed by atoms with Crippen LogP contribution >= 0.6 is 0 Å². The molecule has 1 aromatic carbocycles. The van der Waals surface area contributed by atoms with Gasteiger partial charge in [-0.05, 0) is 50.8 Å². The third kappa shape index (κ3) is 4.90. The van der Waals surface area contributed by atoms with Crippen molar-refractivity contribution >= 4 is 11.7 Å². The van der Waals surface area contributed by atoms with E-state index in [1.165, 1.54) is 0 Å². The molecule has 2 fully saturated rings. The fraction of sp³-hybridized carbons (Fsp3) is 0.440. The molecule has 0 unspecified atom stereocenters. The summed E-state index contributed by atoms with van der Waals surface area (Å²) < 4.78 is 11.2. The van der Waals surface area contributed by atoms with Gasteiger partial charge in [0, 0.05) is 43.9 Å². The molecule has 0 saturated carbocycles. The van der Waals surface area contributed by atoms with Gasteiger partial charge in [-0.2, -0.15) is 4.98 Å². The number of pyridine rings is 1. The van der Waals surface area contributed by atoms with Gasteiger partial charge in [-0.1, -0.05) is 28.9 Å². The molecule has 2 saturated heterocycles. The maximum absolute atomic E-state index is 12.6. The summed E-state index contributed by atoms with van der Waals surface area (Å²) in [5, 5.41) is 7.26. The predicted octanol–water partition coefficient (Wildman–Crippen LogP) is 3.62. The first-order valence-electron chi connectivity index (χ1n) is 11.7. The molecule has 5 rings (SSSR count). The van der Waals surface area contributed by atoms with Crippen molar-refractivity contribution in [3.05, 3.63) is 48.2 Å². The molecule has 8 nitrogen and oxygen atoms in total. The fourth-order valence-electron chi connectivity index (χ4n) is 4.57. The number of nitrogens with one attached hydrogen (secondary N) is 1. The average Bonchev–Trinajstić information content (AvgIpc) is 3.55. The third-order valence-corrected chi connectivity index (χ3v) is 6.41. The van der Waals surface area contributed by atoms with Crippen LogP contribution in [0.25, 0.3) is 22.8 Å². The van der Waals surface area contributed by atoms with Crippen molar-refractivity contribution in [1.82, 2.24) is 20.4 Å². The molecular formula is C25H29N5O3. The number of hydrogen-bond acceptors (Lipinski definition) is 7. The quantitative estimate of drug-likeness (QED) is 0.617. The Morgan fingerprint density at radius 2 is 2.06 bits per heavy atom. The topological polar surface area (TPSA) is 93.4 Å². The van der Waals surface area contributed by atoms with E-state index < -0.39 is 0 Å². The second kappa shape index (κ2) is 9.70. The molecule has 0 bridgehead atoms. The predicted molar refractivity (Wildman–Crippen MR) is 125 cm³/mol. The first-order valence-corrected chi connectivity index (χ1v) is 11.7. The Balaban J connectivity index is 1.25. The summed E-state index contributed by atoms with van der Waals surface area (Å²) in [5.74, 6) is 1.98. The van der Waals surface area contributed by atoms with Crippen LogP contribution in [-0.2, 0) is 9.53 Å².